The van der Waals surface area contributed by atoms with E-state index in [2.05, 4.69) is 0 Å². The monoisotopic (exact) mass is 484 g/mol. The van der Waals surface area contributed by atoms with E-state index in [4.69, 9.17) is 14.2 Å². The standard InChI is InChI=1S/C25H28N2O6S/c1-26(17-18-9-7-6-8-10-18)34(29,30)24-15-19(11-13-22(24)32-4)25(28)27(2)20-12-14-21(31-3)23(16-20)33-5/h6-16H,17H2,1-5H3. The molecule has 0 radical (unpaired) electrons. The normalized spacial score (nSPS) is 11.2. The van der Waals surface area contributed by atoms with Crippen LogP contribution in [-0.4, -0.2) is 54.1 Å². The van der Waals surface area contributed by atoms with Crippen molar-refractivity contribution in [2.45, 2.75) is 11.4 Å². The fourth-order valence-electron chi connectivity index (χ4n) is 3.45. The van der Waals surface area contributed by atoms with Crippen LogP contribution >= 0.6 is 0 Å². The Hall–Kier alpha value is -3.56. The largest absolute Gasteiger partial charge is 0.495 e. The summed E-state index contributed by atoms with van der Waals surface area (Å²) in [6.45, 7) is 0.177. The number of anilines is 1. The second-order valence-electron chi connectivity index (χ2n) is 7.52. The average Bonchev–Trinajstić information content (AvgIpc) is 2.87. The van der Waals surface area contributed by atoms with E-state index < -0.39 is 15.9 Å². The molecule has 0 spiro atoms. The van der Waals surface area contributed by atoms with E-state index >= 15 is 0 Å². The SMILES string of the molecule is COc1ccc(N(C)C(=O)c2ccc(OC)c(S(=O)(=O)N(C)Cc3ccccc3)c2)cc1OC. The fraction of sp³-hybridized carbons (Fsp3) is 0.240. The van der Waals surface area contributed by atoms with Gasteiger partial charge in [-0.05, 0) is 35.9 Å². The lowest BCUT2D eigenvalue weighted by molar-refractivity contribution is 0.0992. The first-order valence-corrected chi connectivity index (χ1v) is 11.8. The number of benzene rings is 3. The Labute approximate surface area is 200 Å². The number of rotatable bonds is 9. The number of ether oxygens (including phenoxy) is 3. The maximum Gasteiger partial charge on any atom is 0.258 e. The van der Waals surface area contributed by atoms with Crippen molar-refractivity contribution in [1.29, 1.82) is 0 Å². The van der Waals surface area contributed by atoms with Crippen molar-refractivity contribution in [2.75, 3.05) is 40.3 Å². The third-order valence-electron chi connectivity index (χ3n) is 5.41. The molecule has 0 saturated carbocycles. The third kappa shape index (κ3) is 5.16. The summed E-state index contributed by atoms with van der Waals surface area (Å²) in [7, 11) is 3.58. The van der Waals surface area contributed by atoms with E-state index in [-0.39, 0.29) is 22.8 Å². The van der Waals surface area contributed by atoms with Crippen LogP contribution in [0, 0.1) is 0 Å². The maximum atomic E-state index is 13.4. The van der Waals surface area contributed by atoms with Gasteiger partial charge in [0.1, 0.15) is 10.6 Å². The van der Waals surface area contributed by atoms with Gasteiger partial charge in [0, 0.05) is 38.0 Å². The summed E-state index contributed by atoms with van der Waals surface area (Å²) in [5, 5.41) is 0. The highest BCUT2D eigenvalue weighted by atomic mass is 32.2. The van der Waals surface area contributed by atoms with Crippen LogP contribution in [0.4, 0.5) is 5.69 Å². The predicted molar refractivity (Wildman–Crippen MR) is 130 cm³/mol. The molecule has 0 N–H and O–H groups in total. The molecule has 9 heteroatoms. The molecule has 180 valence electrons. The van der Waals surface area contributed by atoms with Crippen molar-refractivity contribution < 1.29 is 27.4 Å². The molecule has 1 amide bonds. The Bertz CT molecular complexity index is 1260. The molecule has 3 rings (SSSR count). The van der Waals surface area contributed by atoms with Crippen LogP contribution in [0.25, 0.3) is 0 Å². The van der Waals surface area contributed by atoms with E-state index in [0.717, 1.165) is 5.56 Å². The highest BCUT2D eigenvalue weighted by molar-refractivity contribution is 7.89. The Morgan fingerprint density at radius 2 is 1.41 bits per heavy atom. The number of carbonyl (C=O) groups is 1. The number of hydrogen-bond acceptors (Lipinski definition) is 6. The van der Waals surface area contributed by atoms with Crippen LogP contribution in [0.3, 0.4) is 0 Å². The molecule has 0 bridgehead atoms. The molecule has 34 heavy (non-hydrogen) atoms. The highest BCUT2D eigenvalue weighted by Crippen LogP contribution is 2.33. The highest BCUT2D eigenvalue weighted by Gasteiger charge is 2.27. The van der Waals surface area contributed by atoms with Crippen LogP contribution in [0.5, 0.6) is 17.2 Å². The summed E-state index contributed by atoms with van der Waals surface area (Å²) in [4.78, 5) is 14.6. The van der Waals surface area contributed by atoms with E-state index in [1.807, 2.05) is 30.3 Å². The lowest BCUT2D eigenvalue weighted by atomic mass is 10.1. The van der Waals surface area contributed by atoms with E-state index in [9.17, 15) is 13.2 Å². The van der Waals surface area contributed by atoms with Gasteiger partial charge in [-0.25, -0.2) is 8.42 Å². The number of methoxy groups -OCH3 is 3. The molecule has 8 nitrogen and oxygen atoms in total. The molecule has 0 unspecified atom stereocenters. The Morgan fingerprint density at radius 1 is 0.794 bits per heavy atom. The molecule has 0 atom stereocenters. The minimum absolute atomic E-state index is 0.0833. The van der Waals surface area contributed by atoms with Crippen LogP contribution < -0.4 is 19.1 Å². The van der Waals surface area contributed by atoms with E-state index in [1.54, 1.807) is 25.2 Å². The summed E-state index contributed by atoms with van der Waals surface area (Å²) in [6.07, 6.45) is 0. The van der Waals surface area contributed by atoms with Gasteiger partial charge in [0.25, 0.3) is 5.91 Å². The first kappa shape index (κ1) is 25.1. The summed E-state index contributed by atoms with van der Waals surface area (Å²) in [5.41, 5.74) is 1.60. The molecule has 3 aromatic rings. The number of carbonyl (C=O) groups excluding carboxylic acids is 1. The lowest BCUT2D eigenvalue weighted by Gasteiger charge is -2.21. The summed E-state index contributed by atoms with van der Waals surface area (Å²) in [5.74, 6) is 0.772. The molecule has 0 aliphatic rings. The zero-order valence-electron chi connectivity index (χ0n) is 19.8. The quantitative estimate of drug-likeness (QED) is 0.459. The number of hydrogen-bond donors (Lipinski definition) is 0. The molecule has 0 aliphatic heterocycles. The first-order valence-electron chi connectivity index (χ1n) is 10.4. The van der Waals surface area contributed by atoms with Gasteiger partial charge in [0.15, 0.2) is 11.5 Å². The molecule has 3 aromatic carbocycles. The van der Waals surface area contributed by atoms with E-state index in [0.29, 0.717) is 17.2 Å². The Balaban J connectivity index is 1.94. The zero-order valence-corrected chi connectivity index (χ0v) is 20.6. The van der Waals surface area contributed by atoms with Gasteiger partial charge in [-0.15, -0.1) is 0 Å². The third-order valence-corrected chi connectivity index (χ3v) is 7.23. The van der Waals surface area contributed by atoms with Crippen molar-refractivity contribution >= 4 is 21.6 Å². The van der Waals surface area contributed by atoms with Crippen LogP contribution in [0.1, 0.15) is 15.9 Å². The molecular formula is C25H28N2O6S. The van der Waals surface area contributed by atoms with Crippen molar-refractivity contribution in [1.82, 2.24) is 4.31 Å². The summed E-state index contributed by atoms with van der Waals surface area (Å²) >= 11 is 0. The van der Waals surface area contributed by atoms with Crippen molar-refractivity contribution in [3.8, 4) is 17.2 Å². The molecule has 0 aromatic heterocycles. The maximum absolute atomic E-state index is 13.4. The molecule has 0 aliphatic carbocycles. The smallest absolute Gasteiger partial charge is 0.258 e. The zero-order chi connectivity index (χ0) is 24.9. The van der Waals surface area contributed by atoms with E-state index in [1.165, 1.54) is 55.8 Å². The first-order chi connectivity index (χ1) is 16.2. The minimum Gasteiger partial charge on any atom is -0.495 e. The average molecular weight is 485 g/mol. The fourth-order valence-corrected chi connectivity index (χ4v) is 4.79. The van der Waals surface area contributed by atoms with Crippen LogP contribution in [0.2, 0.25) is 0 Å². The number of amides is 1. The molecule has 0 heterocycles. The van der Waals surface area contributed by atoms with Crippen molar-refractivity contribution in [2.24, 2.45) is 0 Å². The van der Waals surface area contributed by atoms with Gasteiger partial charge in [0.2, 0.25) is 10.0 Å². The Morgan fingerprint density at radius 3 is 2.03 bits per heavy atom. The molecule has 0 saturated heterocycles. The summed E-state index contributed by atoms with van der Waals surface area (Å²) in [6, 6.07) is 18.7. The number of sulfonamides is 1. The second kappa shape index (κ2) is 10.6. The predicted octanol–water partition coefficient (Wildman–Crippen LogP) is 3.81. The van der Waals surface area contributed by atoms with Gasteiger partial charge in [-0.1, -0.05) is 30.3 Å². The molecular weight excluding hydrogens is 456 g/mol. The van der Waals surface area contributed by atoms with Gasteiger partial charge < -0.3 is 19.1 Å². The van der Waals surface area contributed by atoms with Gasteiger partial charge in [-0.3, -0.25) is 4.79 Å². The van der Waals surface area contributed by atoms with Crippen LogP contribution in [0.15, 0.2) is 71.6 Å². The topological polar surface area (TPSA) is 85.4 Å². The second-order valence-corrected chi connectivity index (χ2v) is 9.53. The van der Waals surface area contributed by atoms with Gasteiger partial charge in [0.05, 0.1) is 21.3 Å². The summed E-state index contributed by atoms with van der Waals surface area (Å²) < 4.78 is 43.8. The molecule has 0 fully saturated rings. The number of nitrogens with zero attached hydrogens (tertiary/aromatic N) is 2. The van der Waals surface area contributed by atoms with Crippen LogP contribution in [-0.2, 0) is 16.6 Å². The lowest BCUT2D eigenvalue weighted by Crippen LogP contribution is -2.29. The van der Waals surface area contributed by atoms with Crippen molar-refractivity contribution in [3.63, 3.8) is 0 Å². The Kier molecular flexibility index (Phi) is 7.80. The van der Waals surface area contributed by atoms with Gasteiger partial charge in [-0.2, -0.15) is 4.31 Å². The van der Waals surface area contributed by atoms with Crippen molar-refractivity contribution in [3.05, 3.63) is 77.9 Å². The van der Waals surface area contributed by atoms with Gasteiger partial charge >= 0.3 is 0 Å². The minimum atomic E-state index is -3.94.